The van der Waals surface area contributed by atoms with Gasteiger partial charge in [0.25, 0.3) is 0 Å². The number of methoxy groups -OCH3 is 1. The van der Waals surface area contributed by atoms with Crippen LogP contribution in [0.3, 0.4) is 0 Å². The van der Waals surface area contributed by atoms with E-state index in [-0.39, 0.29) is 22.0 Å². The second-order valence-corrected chi connectivity index (χ2v) is 6.76. The SMILES string of the molecule is COc1cc2c(Nc3cc(O)c(Cl)cc3F)c(C#N)cnc2cc1OCCCCl. The maximum Gasteiger partial charge on any atom is 0.163 e. The van der Waals surface area contributed by atoms with Crippen molar-refractivity contribution < 1.29 is 19.0 Å². The van der Waals surface area contributed by atoms with Crippen LogP contribution in [0.2, 0.25) is 5.02 Å². The van der Waals surface area contributed by atoms with E-state index in [0.29, 0.717) is 47.0 Å². The van der Waals surface area contributed by atoms with Gasteiger partial charge in [-0.25, -0.2) is 4.39 Å². The number of rotatable bonds is 7. The summed E-state index contributed by atoms with van der Waals surface area (Å²) < 4.78 is 25.4. The van der Waals surface area contributed by atoms with E-state index < -0.39 is 5.82 Å². The van der Waals surface area contributed by atoms with Gasteiger partial charge in [-0.15, -0.1) is 11.6 Å². The van der Waals surface area contributed by atoms with Crippen LogP contribution in [0.25, 0.3) is 10.9 Å². The van der Waals surface area contributed by atoms with E-state index in [1.165, 1.54) is 13.3 Å². The number of fused-ring (bicyclic) bond motifs is 1. The van der Waals surface area contributed by atoms with Gasteiger partial charge < -0.3 is 19.9 Å². The minimum absolute atomic E-state index is 0.0442. The molecule has 0 aliphatic heterocycles. The van der Waals surface area contributed by atoms with E-state index in [1.54, 1.807) is 12.1 Å². The standard InChI is InChI=1S/C20H16Cl2FN3O3/c1-28-18-5-12-15(8-19(18)29-4-2-3-21)25-10-11(9-24)20(12)26-16-7-17(27)13(22)6-14(16)23/h5-8,10,27H,2-4H2,1H3,(H,25,26). The lowest BCUT2D eigenvalue weighted by atomic mass is 10.1. The summed E-state index contributed by atoms with van der Waals surface area (Å²) in [6, 6.07) is 7.47. The molecule has 2 N–H and O–H groups in total. The molecule has 0 fully saturated rings. The zero-order valence-corrected chi connectivity index (χ0v) is 16.8. The molecule has 1 aromatic heterocycles. The van der Waals surface area contributed by atoms with Crippen LogP contribution in [0.15, 0.2) is 30.5 Å². The minimum atomic E-state index is -0.686. The molecule has 0 aliphatic rings. The lowest BCUT2D eigenvalue weighted by Gasteiger charge is -2.16. The fourth-order valence-corrected chi connectivity index (χ4v) is 2.96. The van der Waals surface area contributed by atoms with Crippen molar-refractivity contribution in [3.8, 4) is 23.3 Å². The number of hydrogen-bond acceptors (Lipinski definition) is 6. The second-order valence-electron chi connectivity index (χ2n) is 5.98. The van der Waals surface area contributed by atoms with E-state index in [4.69, 9.17) is 32.7 Å². The molecular formula is C20H16Cl2FN3O3. The van der Waals surface area contributed by atoms with Crippen molar-refractivity contribution in [1.82, 2.24) is 4.98 Å². The normalized spacial score (nSPS) is 10.6. The Balaban J connectivity index is 2.12. The summed E-state index contributed by atoms with van der Waals surface area (Å²) >= 11 is 11.4. The van der Waals surface area contributed by atoms with Gasteiger partial charge >= 0.3 is 0 Å². The van der Waals surface area contributed by atoms with Gasteiger partial charge in [0.2, 0.25) is 0 Å². The smallest absolute Gasteiger partial charge is 0.163 e. The van der Waals surface area contributed by atoms with Crippen LogP contribution < -0.4 is 14.8 Å². The molecule has 0 bridgehead atoms. The Morgan fingerprint density at radius 2 is 2.07 bits per heavy atom. The molecule has 150 valence electrons. The van der Waals surface area contributed by atoms with Crippen LogP contribution in [0.5, 0.6) is 17.2 Å². The lowest BCUT2D eigenvalue weighted by molar-refractivity contribution is 0.295. The molecule has 0 atom stereocenters. The maximum atomic E-state index is 14.3. The molecule has 0 spiro atoms. The average molecular weight is 436 g/mol. The Hall–Kier alpha value is -2.95. The van der Waals surface area contributed by atoms with Crippen molar-refractivity contribution in [2.45, 2.75) is 6.42 Å². The first kappa shape index (κ1) is 20.8. The highest BCUT2D eigenvalue weighted by Crippen LogP contribution is 2.38. The number of aromatic nitrogens is 1. The van der Waals surface area contributed by atoms with Gasteiger partial charge in [0.05, 0.1) is 41.2 Å². The Bertz CT molecular complexity index is 1100. The molecule has 2 aromatic carbocycles. The molecule has 1 heterocycles. The van der Waals surface area contributed by atoms with Crippen LogP contribution in [0.1, 0.15) is 12.0 Å². The topological polar surface area (TPSA) is 87.4 Å². The van der Waals surface area contributed by atoms with Crippen molar-refractivity contribution in [3.05, 3.63) is 46.9 Å². The summed E-state index contributed by atoms with van der Waals surface area (Å²) in [5, 5.41) is 22.5. The third kappa shape index (κ3) is 4.39. The number of nitrogens with zero attached hydrogens (tertiary/aromatic N) is 2. The van der Waals surface area contributed by atoms with Crippen molar-refractivity contribution in [2.75, 3.05) is 24.9 Å². The summed E-state index contributed by atoms with van der Waals surface area (Å²) in [4.78, 5) is 4.28. The quantitative estimate of drug-likeness (QED) is 0.383. The summed E-state index contributed by atoms with van der Waals surface area (Å²) in [6.45, 7) is 0.405. The van der Waals surface area contributed by atoms with Gasteiger partial charge in [0.1, 0.15) is 17.6 Å². The molecular weight excluding hydrogens is 420 g/mol. The largest absolute Gasteiger partial charge is 0.506 e. The first-order valence-corrected chi connectivity index (χ1v) is 9.44. The molecule has 0 amide bonds. The molecule has 3 rings (SSSR count). The molecule has 3 aromatic rings. The van der Waals surface area contributed by atoms with E-state index >= 15 is 0 Å². The Kier molecular flexibility index (Phi) is 6.47. The second kappa shape index (κ2) is 9.03. The molecule has 0 unspecified atom stereocenters. The predicted octanol–water partition coefficient (Wildman–Crippen LogP) is 5.36. The number of alkyl halides is 1. The van der Waals surface area contributed by atoms with Crippen molar-refractivity contribution in [1.29, 1.82) is 5.26 Å². The Morgan fingerprint density at radius 1 is 1.28 bits per heavy atom. The number of nitrogens with one attached hydrogen (secondary N) is 1. The fraction of sp³-hybridized carbons (Fsp3) is 0.200. The monoisotopic (exact) mass is 435 g/mol. The summed E-state index contributed by atoms with van der Waals surface area (Å²) in [5.74, 6) is 0.387. The highest BCUT2D eigenvalue weighted by Gasteiger charge is 2.16. The minimum Gasteiger partial charge on any atom is -0.506 e. The number of phenols is 1. The third-order valence-electron chi connectivity index (χ3n) is 4.11. The number of benzene rings is 2. The number of pyridine rings is 1. The van der Waals surface area contributed by atoms with E-state index in [2.05, 4.69) is 10.3 Å². The van der Waals surface area contributed by atoms with Crippen LogP contribution in [-0.4, -0.2) is 29.7 Å². The van der Waals surface area contributed by atoms with Crippen molar-refractivity contribution >= 4 is 45.5 Å². The number of phenolic OH excluding ortho intramolecular Hbond substituents is 1. The molecule has 0 aliphatic carbocycles. The number of ether oxygens (including phenoxy) is 2. The fourth-order valence-electron chi connectivity index (χ4n) is 2.70. The summed E-state index contributed by atoms with van der Waals surface area (Å²) in [5.41, 5.74) is 0.956. The molecule has 0 saturated carbocycles. The zero-order valence-electron chi connectivity index (χ0n) is 15.3. The summed E-state index contributed by atoms with van der Waals surface area (Å²) in [6.07, 6.45) is 2.03. The van der Waals surface area contributed by atoms with E-state index in [9.17, 15) is 14.8 Å². The summed E-state index contributed by atoms with van der Waals surface area (Å²) in [7, 11) is 1.49. The van der Waals surface area contributed by atoms with Crippen molar-refractivity contribution in [3.63, 3.8) is 0 Å². The van der Waals surface area contributed by atoms with Gasteiger partial charge in [-0.2, -0.15) is 5.26 Å². The van der Waals surface area contributed by atoms with Gasteiger partial charge in [0.15, 0.2) is 11.5 Å². The molecule has 29 heavy (non-hydrogen) atoms. The van der Waals surface area contributed by atoms with Gasteiger partial charge in [-0.05, 0) is 18.6 Å². The molecule has 0 saturated heterocycles. The van der Waals surface area contributed by atoms with E-state index in [1.807, 2.05) is 6.07 Å². The molecule has 0 radical (unpaired) electrons. The molecule has 6 nitrogen and oxygen atoms in total. The highest BCUT2D eigenvalue weighted by molar-refractivity contribution is 6.32. The maximum absolute atomic E-state index is 14.3. The predicted molar refractivity (Wildman–Crippen MR) is 110 cm³/mol. The van der Waals surface area contributed by atoms with E-state index in [0.717, 1.165) is 12.1 Å². The van der Waals surface area contributed by atoms with Gasteiger partial charge in [-0.1, -0.05) is 11.6 Å². The number of anilines is 2. The van der Waals surface area contributed by atoms with Crippen LogP contribution >= 0.6 is 23.2 Å². The van der Waals surface area contributed by atoms with Crippen molar-refractivity contribution in [2.24, 2.45) is 0 Å². The highest BCUT2D eigenvalue weighted by atomic mass is 35.5. The van der Waals surface area contributed by atoms with Crippen LogP contribution in [-0.2, 0) is 0 Å². The Labute approximate surface area is 176 Å². The van der Waals surface area contributed by atoms with Gasteiger partial charge in [-0.3, -0.25) is 4.98 Å². The molecule has 9 heteroatoms. The number of nitriles is 1. The van der Waals surface area contributed by atoms with Crippen LogP contribution in [0, 0.1) is 17.1 Å². The average Bonchev–Trinajstić information content (AvgIpc) is 2.71. The Morgan fingerprint density at radius 3 is 2.76 bits per heavy atom. The third-order valence-corrected chi connectivity index (χ3v) is 4.68. The lowest BCUT2D eigenvalue weighted by Crippen LogP contribution is -2.02. The number of halogens is 3. The number of hydrogen-bond donors (Lipinski definition) is 2. The van der Waals surface area contributed by atoms with Gasteiger partial charge in [0, 0.05) is 29.6 Å². The van der Waals surface area contributed by atoms with Crippen LogP contribution in [0.4, 0.5) is 15.8 Å². The number of aromatic hydroxyl groups is 1. The first-order valence-electron chi connectivity index (χ1n) is 8.53. The first-order chi connectivity index (χ1) is 14.0. The zero-order chi connectivity index (χ0) is 21.0.